The predicted molar refractivity (Wildman–Crippen MR) is 85.4 cm³/mol. The van der Waals surface area contributed by atoms with Crippen molar-refractivity contribution in [2.45, 2.75) is 13.8 Å². The third-order valence-electron chi connectivity index (χ3n) is 3.52. The standard InChI is InChI=1S/C18H16N2O2/c1-12-6-8-14(9-7-12)17-11-16(18(21)22)19-20(17)15-5-3-4-13(2)10-15/h3-11H,1-2H3,(H,21,22). The van der Waals surface area contributed by atoms with Gasteiger partial charge in [0.1, 0.15) is 0 Å². The number of aromatic nitrogens is 2. The number of hydrogen-bond donors (Lipinski definition) is 1. The van der Waals surface area contributed by atoms with Gasteiger partial charge >= 0.3 is 5.97 Å². The lowest BCUT2D eigenvalue weighted by Gasteiger charge is -2.08. The molecule has 0 aliphatic rings. The van der Waals surface area contributed by atoms with Crippen LogP contribution in [0.3, 0.4) is 0 Å². The Hall–Kier alpha value is -2.88. The van der Waals surface area contributed by atoms with Crippen LogP contribution in [0.4, 0.5) is 0 Å². The largest absolute Gasteiger partial charge is 0.476 e. The van der Waals surface area contributed by atoms with Crippen LogP contribution in [-0.4, -0.2) is 20.9 Å². The maximum Gasteiger partial charge on any atom is 0.356 e. The highest BCUT2D eigenvalue weighted by Crippen LogP contribution is 2.25. The lowest BCUT2D eigenvalue weighted by Crippen LogP contribution is -2.02. The summed E-state index contributed by atoms with van der Waals surface area (Å²) in [6.45, 7) is 4.01. The molecule has 0 unspecified atom stereocenters. The number of nitrogens with zero attached hydrogens (tertiary/aromatic N) is 2. The van der Waals surface area contributed by atoms with Crippen LogP contribution in [0.15, 0.2) is 54.6 Å². The molecule has 0 radical (unpaired) electrons. The molecule has 1 N–H and O–H groups in total. The van der Waals surface area contributed by atoms with Gasteiger partial charge in [-0.2, -0.15) is 5.10 Å². The number of aromatic carboxylic acids is 1. The Morgan fingerprint density at radius 3 is 2.36 bits per heavy atom. The summed E-state index contributed by atoms with van der Waals surface area (Å²) in [6, 6.07) is 17.4. The molecule has 0 aliphatic carbocycles. The van der Waals surface area contributed by atoms with Crippen LogP contribution >= 0.6 is 0 Å². The molecule has 0 fully saturated rings. The molecule has 3 rings (SSSR count). The SMILES string of the molecule is Cc1ccc(-c2cc(C(=O)O)nn2-c2cccc(C)c2)cc1. The highest BCUT2D eigenvalue weighted by atomic mass is 16.4. The van der Waals surface area contributed by atoms with Crippen molar-refractivity contribution in [2.24, 2.45) is 0 Å². The van der Waals surface area contributed by atoms with E-state index in [1.54, 1.807) is 10.7 Å². The number of benzene rings is 2. The van der Waals surface area contributed by atoms with E-state index >= 15 is 0 Å². The van der Waals surface area contributed by atoms with E-state index in [9.17, 15) is 9.90 Å². The second kappa shape index (κ2) is 5.48. The van der Waals surface area contributed by atoms with Crippen LogP contribution in [0.1, 0.15) is 21.6 Å². The van der Waals surface area contributed by atoms with E-state index in [1.807, 2.05) is 62.4 Å². The Bertz CT molecular complexity index is 833. The van der Waals surface area contributed by atoms with Crippen LogP contribution in [0, 0.1) is 13.8 Å². The molecule has 0 saturated carbocycles. The molecule has 4 nitrogen and oxygen atoms in total. The zero-order chi connectivity index (χ0) is 15.7. The van der Waals surface area contributed by atoms with Gasteiger partial charge in [0.2, 0.25) is 0 Å². The van der Waals surface area contributed by atoms with E-state index in [4.69, 9.17) is 0 Å². The summed E-state index contributed by atoms with van der Waals surface area (Å²) in [6.07, 6.45) is 0. The Balaban J connectivity index is 2.20. The van der Waals surface area contributed by atoms with Gasteiger partial charge in [-0.25, -0.2) is 9.48 Å². The highest BCUT2D eigenvalue weighted by Gasteiger charge is 2.15. The maximum absolute atomic E-state index is 11.3. The number of carbonyl (C=O) groups is 1. The molecular weight excluding hydrogens is 276 g/mol. The summed E-state index contributed by atoms with van der Waals surface area (Å²) >= 11 is 0. The highest BCUT2D eigenvalue weighted by molar-refractivity contribution is 5.87. The first-order valence-electron chi connectivity index (χ1n) is 7.02. The van der Waals surface area contributed by atoms with Crippen molar-refractivity contribution in [1.29, 1.82) is 0 Å². The molecule has 4 heteroatoms. The zero-order valence-electron chi connectivity index (χ0n) is 12.4. The third kappa shape index (κ3) is 2.63. The van der Waals surface area contributed by atoms with Gasteiger partial charge in [0.15, 0.2) is 5.69 Å². The first-order valence-corrected chi connectivity index (χ1v) is 7.02. The van der Waals surface area contributed by atoms with Crippen molar-refractivity contribution in [2.75, 3.05) is 0 Å². The molecule has 3 aromatic rings. The first kappa shape index (κ1) is 14.1. The monoisotopic (exact) mass is 292 g/mol. The lowest BCUT2D eigenvalue weighted by atomic mass is 10.1. The van der Waals surface area contributed by atoms with Gasteiger partial charge < -0.3 is 5.11 Å². The number of rotatable bonds is 3. The average Bonchev–Trinajstić information content (AvgIpc) is 2.93. The number of hydrogen-bond acceptors (Lipinski definition) is 2. The van der Waals surface area contributed by atoms with E-state index < -0.39 is 5.97 Å². The van der Waals surface area contributed by atoms with Gasteiger partial charge in [0.25, 0.3) is 0 Å². The quantitative estimate of drug-likeness (QED) is 0.797. The van der Waals surface area contributed by atoms with Gasteiger partial charge in [0, 0.05) is 5.56 Å². The first-order chi connectivity index (χ1) is 10.5. The Morgan fingerprint density at radius 2 is 1.73 bits per heavy atom. The number of aryl methyl sites for hydroxylation is 2. The van der Waals surface area contributed by atoms with Gasteiger partial charge in [-0.1, -0.05) is 42.0 Å². The molecule has 0 aliphatic heterocycles. The molecule has 1 aromatic heterocycles. The van der Waals surface area contributed by atoms with Crippen molar-refractivity contribution in [3.8, 4) is 16.9 Å². The van der Waals surface area contributed by atoms with Crippen molar-refractivity contribution in [3.05, 3.63) is 71.4 Å². The smallest absolute Gasteiger partial charge is 0.356 e. The van der Waals surface area contributed by atoms with Crippen LogP contribution in [0.2, 0.25) is 0 Å². The minimum atomic E-state index is -1.03. The Labute approximate surface area is 128 Å². The molecule has 0 atom stereocenters. The number of carboxylic acid groups (broad SMARTS) is 1. The minimum absolute atomic E-state index is 0.0390. The molecule has 0 amide bonds. The molecule has 1 heterocycles. The Kier molecular flexibility index (Phi) is 3.51. The second-order valence-corrected chi connectivity index (χ2v) is 5.34. The van der Waals surface area contributed by atoms with E-state index in [1.165, 1.54) is 0 Å². The van der Waals surface area contributed by atoms with Gasteiger partial charge in [-0.3, -0.25) is 0 Å². The fraction of sp³-hybridized carbons (Fsp3) is 0.111. The summed E-state index contributed by atoms with van der Waals surface area (Å²) in [5.74, 6) is -1.03. The molecular formula is C18H16N2O2. The summed E-state index contributed by atoms with van der Waals surface area (Å²) in [7, 11) is 0. The van der Waals surface area contributed by atoms with E-state index in [0.29, 0.717) is 0 Å². The fourth-order valence-corrected chi connectivity index (χ4v) is 2.37. The van der Waals surface area contributed by atoms with E-state index in [-0.39, 0.29) is 5.69 Å². The molecule has 22 heavy (non-hydrogen) atoms. The molecule has 0 spiro atoms. The van der Waals surface area contributed by atoms with Crippen molar-refractivity contribution >= 4 is 5.97 Å². The lowest BCUT2D eigenvalue weighted by molar-refractivity contribution is 0.0690. The zero-order valence-corrected chi connectivity index (χ0v) is 12.4. The normalized spacial score (nSPS) is 10.6. The summed E-state index contributed by atoms with van der Waals surface area (Å²) in [5.41, 5.74) is 4.85. The fourth-order valence-electron chi connectivity index (χ4n) is 2.37. The summed E-state index contributed by atoms with van der Waals surface area (Å²) in [5, 5.41) is 13.5. The van der Waals surface area contributed by atoms with Crippen LogP contribution in [0.25, 0.3) is 16.9 Å². The third-order valence-corrected chi connectivity index (χ3v) is 3.52. The minimum Gasteiger partial charge on any atom is -0.476 e. The van der Waals surface area contributed by atoms with Crippen LogP contribution in [0.5, 0.6) is 0 Å². The molecule has 0 saturated heterocycles. The summed E-state index contributed by atoms with van der Waals surface area (Å²) in [4.78, 5) is 11.3. The second-order valence-electron chi connectivity index (χ2n) is 5.34. The average molecular weight is 292 g/mol. The Morgan fingerprint density at radius 1 is 1.00 bits per heavy atom. The van der Waals surface area contributed by atoms with E-state index in [0.717, 1.165) is 28.1 Å². The molecule has 0 bridgehead atoms. The van der Waals surface area contributed by atoms with Crippen LogP contribution in [-0.2, 0) is 0 Å². The van der Waals surface area contributed by atoms with Crippen LogP contribution < -0.4 is 0 Å². The number of carboxylic acids is 1. The van der Waals surface area contributed by atoms with Crippen molar-refractivity contribution in [1.82, 2.24) is 9.78 Å². The van der Waals surface area contributed by atoms with Gasteiger partial charge in [-0.05, 0) is 37.6 Å². The van der Waals surface area contributed by atoms with Crippen molar-refractivity contribution in [3.63, 3.8) is 0 Å². The van der Waals surface area contributed by atoms with Gasteiger partial charge in [-0.15, -0.1) is 0 Å². The molecule has 110 valence electrons. The van der Waals surface area contributed by atoms with E-state index in [2.05, 4.69) is 5.10 Å². The predicted octanol–water partition coefficient (Wildman–Crippen LogP) is 3.85. The van der Waals surface area contributed by atoms with Crippen molar-refractivity contribution < 1.29 is 9.90 Å². The maximum atomic E-state index is 11.3. The molecule has 2 aromatic carbocycles. The summed E-state index contributed by atoms with van der Waals surface area (Å²) < 4.78 is 1.68. The topological polar surface area (TPSA) is 55.1 Å². The van der Waals surface area contributed by atoms with Gasteiger partial charge in [0.05, 0.1) is 11.4 Å².